The minimum Gasteiger partial charge on any atom is -0.481 e. The summed E-state index contributed by atoms with van der Waals surface area (Å²) >= 11 is 0. The number of hydrogen-bond acceptors (Lipinski definition) is 6. The van der Waals surface area contributed by atoms with Gasteiger partial charge in [-0.05, 0) is 74.8 Å². The first-order valence-electron chi connectivity index (χ1n) is 11.6. The number of aliphatic carboxylic acids is 2. The fraction of sp³-hybridized carbons (Fsp3) is 0.385. The standard InChI is InChI=1S/C23H28N2O4.C3H4O4/c1-3-23(13-4-5-14-25(2)16-23)18-7-6-8-20(15-18)29-22(28)24-19-11-9-17(10-12-19)21(26)27;4-2(5)1-3(6)7/h6-12,15H,3-5,13-14,16H2,1-2H3,(H,24,28)(H,26,27);1H2,(H,4,5)(H,6,7)/t23-;/m1./s1. The highest BCUT2D eigenvalue weighted by Gasteiger charge is 2.33. The molecule has 194 valence electrons. The van der Waals surface area contributed by atoms with E-state index in [4.69, 9.17) is 20.1 Å². The number of rotatable bonds is 7. The number of nitrogens with one attached hydrogen (secondary N) is 1. The van der Waals surface area contributed by atoms with Crippen LogP contribution in [0, 0.1) is 0 Å². The fourth-order valence-corrected chi connectivity index (χ4v) is 4.21. The first kappa shape index (κ1) is 28.3. The average molecular weight is 501 g/mol. The Morgan fingerprint density at radius 2 is 1.67 bits per heavy atom. The molecule has 3 rings (SSSR count). The van der Waals surface area contributed by atoms with Gasteiger partial charge in [0.05, 0.1) is 5.56 Å². The van der Waals surface area contributed by atoms with Gasteiger partial charge in [0.1, 0.15) is 12.2 Å². The van der Waals surface area contributed by atoms with E-state index in [-0.39, 0.29) is 11.0 Å². The molecule has 1 heterocycles. The molecule has 2 aromatic rings. The van der Waals surface area contributed by atoms with Crippen molar-refractivity contribution in [1.29, 1.82) is 0 Å². The summed E-state index contributed by atoms with van der Waals surface area (Å²) in [7, 11) is 2.17. The molecule has 2 aromatic carbocycles. The summed E-state index contributed by atoms with van der Waals surface area (Å²) in [6, 6.07) is 13.7. The van der Waals surface area contributed by atoms with Gasteiger partial charge in [0, 0.05) is 17.6 Å². The number of carboxylic acids is 3. The molecule has 1 atom stereocenters. The lowest BCUT2D eigenvalue weighted by Crippen LogP contribution is -2.37. The van der Waals surface area contributed by atoms with Gasteiger partial charge in [-0.3, -0.25) is 14.9 Å². The topological polar surface area (TPSA) is 153 Å². The van der Waals surface area contributed by atoms with Crippen LogP contribution in [0.2, 0.25) is 0 Å². The molecule has 0 bridgehead atoms. The van der Waals surface area contributed by atoms with Crippen molar-refractivity contribution in [3.63, 3.8) is 0 Å². The number of likely N-dealkylation sites (N-methyl/N-ethyl adjacent to an activating group) is 1. The highest BCUT2D eigenvalue weighted by molar-refractivity contribution is 5.90. The van der Waals surface area contributed by atoms with Gasteiger partial charge in [0.15, 0.2) is 0 Å². The van der Waals surface area contributed by atoms with E-state index >= 15 is 0 Å². The molecule has 0 unspecified atom stereocenters. The molecule has 1 fully saturated rings. The lowest BCUT2D eigenvalue weighted by atomic mass is 9.74. The van der Waals surface area contributed by atoms with Crippen LogP contribution in [0.5, 0.6) is 5.75 Å². The van der Waals surface area contributed by atoms with Crippen LogP contribution in [0.3, 0.4) is 0 Å². The molecule has 0 saturated carbocycles. The van der Waals surface area contributed by atoms with Crippen molar-refractivity contribution in [3.05, 3.63) is 59.7 Å². The van der Waals surface area contributed by atoms with E-state index in [9.17, 15) is 19.2 Å². The first-order chi connectivity index (χ1) is 17.0. The molecule has 10 heteroatoms. The zero-order valence-electron chi connectivity index (χ0n) is 20.4. The van der Waals surface area contributed by atoms with Crippen molar-refractivity contribution in [1.82, 2.24) is 4.90 Å². The van der Waals surface area contributed by atoms with E-state index < -0.39 is 30.4 Å². The highest BCUT2D eigenvalue weighted by atomic mass is 16.6. The third-order valence-corrected chi connectivity index (χ3v) is 6.03. The largest absolute Gasteiger partial charge is 0.481 e. The Hall–Kier alpha value is -3.92. The van der Waals surface area contributed by atoms with Gasteiger partial charge < -0.3 is 25.0 Å². The van der Waals surface area contributed by atoms with Crippen LogP contribution in [0.4, 0.5) is 10.5 Å². The third-order valence-electron chi connectivity index (χ3n) is 6.03. The smallest absolute Gasteiger partial charge is 0.417 e. The van der Waals surface area contributed by atoms with E-state index in [1.165, 1.54) is 42.7 Å². The van der Waals surface area contributed by atoms with Crippen molar-refractivity contribution < 1.29 is 39.2 Å². The predicted molar refractivity (Wildman–Crippen MR) is 133 cm³/mol. The molecule has 0 aromatic heterocycles. The molecule has 1 aliphatic rings. The number of carboxylic acid groups (broad SMARTS) is 3. The lowest BCUT2D eigenvalue weighted by molar-refractivity contribution is -0.147. The second kappa shape index (κ2) is 13.2. The molecule has 0 radical (unpaired) electrons. The van der Waals surface area contributed by atoms with Gasteiger partial charge in [0.25, 0.3) is 0 Å². The number of nitrogens with zero attached hydrogens (tertiary/aromatic N) is 1. The Morgan fingerprint density at radius 3 is 2.22 bits per heavy atom. The van der Waals surface area contributed by atoms with Crippen molar-refractivity contribution in [2.45, 2.75) is 44.4 Å². The molecule has 4 N–H and O–H groups in total. The van der Waals surface area contributed by atoms with Crippen LogP contribution in [0.15, 0.2) is 48.5 Å². The van der Waals surface area contributed by atoms with Crippen molar-refractivity contribution >= 4 is 29.7 Å². The average Bonchev–Trinajstić information content (AvgIpc) is 3.01. The molecule has 10 nitrogen and oxygen atoms in total. The maximum atomic E-state index is 12.3. The molecule has 1 saturated heterocycles. The number of likely N-dealkylation sites (tertiary alicyclic amines) is 1. The fourth-order valence-electron chi connectivity index (χ4n) is 4.21. The number of ether oxygens (including phenoxy) is 1. The summed E-state index contributed by atoms with van der Waals surface area (Å²) in [4.78, 5) is 44.4. The van der Waals surface area contributed by atoms with Gasteiger partial charge in [-0.15, -0.1) is 0 Å². The van der Waals surface area contributed by atoms with Crippen LogP contribution in [0.1, 0.15) is 54.9 Å². The van der Waals surface area contributed by atoms with Crippen LogP contribution in [-0.2, 0) is 15.0 Å². The normalized spacial score (nSPS) is 17.6. The van der Waals surface area contributed by atoms with E-state index in [0.717, 1.165) is 25.9 Å². The number of anilines is 1. The Balaban J connectivity index is 0.000000572. The lowest BCUT2D eigenvalue weighted by Gasteiger charge is -2.35. The zero-order valence-corrected chi connectivity index (χ0v) is 20.4. The van der Waals surface area contributed by atoms with Gasteiger partial charge >= 0.3 is 24.0 Å². The van der Waals surface area contributed by atoms with Gasteiger partial charge in [0.2, 0.25) is 0 Å². The Bertz CT molecular complexity index is 1060. The molecular weight excluding hydrogens is 468 g/mol. The highest BCUT2D eigenvalue weighted by Crippen LogP contribution is 2.37. The molecule has 36 heavy (non-hydrogen) atoms. The van der Waals surface area contributed by atoms with Crippen LogP contribution < -0.4 is 10.1 Å². The zero-order chi connectivity index (χ0) is 26.7. The SMILES string of the molecule is CC[C@@]1(c2cccc(OC(=O)Nc3ccc(C(=O)O)cc3)c2)CCCCN(C)C1.O=C(O)CC(=O)O. The summed E-state index contributed by atoms with van der Waals surface area (Å²) < 4.78 is 5.50. The quantitative estimate of drug-likeness (QED) is 0.407. The van der Waals surface area contributed by atoms with E-state index in [0.29, 0.717) is 11.4 Å². The van der Waals surface area contributed by atoms with Gasteiger partial charge in [-0.2, -0.15) is 0 Å². The summed E-state index contributed by atoms with van der Waals surface area (Å²) in [6.45, 7) is 4.33. The molecule has 0 aliphatic carbocycles. The molecule has 1 aliphatic heterocycles. The van der Waals surface area contributed by atoms with E-state index in [1.54, 1.807) is 6.07 Å². The van der Waals surface area contributed by atoms with Crippen molar-refractivity contribution in [2.75, 3.05) is 25.5 Å². The summed E-state index contributed by atoms with van der Waals surface area (Å²) in [5, 5.41) is 27.0. The first-order valence-corrected chi connectivity index (χ1v) is 11.6. The monoisotopic (exact) mass is 500 g/mol. The van der Waals surface area contributed by atoms with Crippen molar-refractivity contribution in [2.24, 2.45) is 0 Å². The minimum absolute atomic E-state index is 0.0633. The number of hydrogen-bond donors (Lipinski definition) is 4. The Labute approximate surface area is 209 Å². The number of amides is 1. The van der Waals surface area contributed by atoms with E-state index in [2.05, 4.69) is 30.3 Å². The predicted octanol–water partition coefficient (Wildman–Crippen LogP) is 4.30. The Kier molecular flexibility index (Phi) is 10.4. The van der Waals surface area contributed by atoms with Crippen LogP contribution >= 0.6 is 0 Å². The summed E-state index contributed by atoms with van der Waals surface area (Å²) in [6.07, 6.45) is 3.14. The second-order valence-electron chi connectivity index (χ2n) is 8.72. The second-order valence-corrected chi connectivity index (χ2v) is 8.72. The maximum Gasteiger partial charge on any atom is 0.417 e. The van der Waals surface area contributed by atoms with Crippen LogP contribution in [0.25, 0.3) is 0 Å². The van der Waals surface area contributed by atoms with Crippen molar-refractivity contribution in [3.8, 4) is 5.75 Å². The molecular formula is C26H32N2O8. The number of carbonyl (C=O) groups is 4. The number of carbonyl (C=O) groups excluding carboxylic acids is 1. The summed E-state index contributed by atoms with van der Waals surface area (Å²) in [5.74, 6) is -3.13. The summed E-state index contributed by atoms with van der Waals surface area (Å²) in [5.41, 5.74) is 1.90. The molecule has 1 amide bonds. The van der Waals surface area contributed by atoms with E-state index in [1.807, 2.05) is 12.1 Å². The molecule has 0 spiro atoms. The van der Waals surface area contributed by atoms with Gasteiger partial charge in [-0.25, -0.2) is 9.59 Å². The number of benzene rings is 2. The Morgan fingerprint density at radius 1 is 1.00 bits per heavy atom. The number of aromatic carboxylic acids is 1. The third kappa shape index (κ3) is 8.70. The van der Waals surface area contributed by atoms with Crippen LogP contribution in [-0.4, -0.2) is 64.4 Å². The van der Waals surface area contributed by atoms with Gasteiger partial charge in [-0.1, -0.05) is 25.5 Å². The maximum absolute atomic E-state index is 12.3. The minimum atomic E-state index is -1.31.